The van der Waals surface area contributed by atoms with E-state index in [0.29, 0.717) is 12.3 Å². The quantitative estimate of drug-likeness (QED) is 0.510. The van der Waals surface area contributed by atoms with E-state index in [1.807, 2.05) is 0 Å². The Bertz CT molecular complexity index is 160. The summed E-state index contributed by atoms with van der Waals surface area (Å²) in [5, 5.41) is 0. The highest BCUT2D eigenvalue weighted by atomic mass is 35.5. The predicted octanol–water partition coefficient (Wildman–Crippen LogP) is 3.16. The van der Waals surface area contributed by atoms with Crippen LogP contribution in [0.15, 0.2) is 0 Å². The minimum Gasteiger partial charge on any atom is -0.520 e. The van der Waals surface area contributed by atoms with Gasteiger partial charge in [-0.25, -0.2) is 0 Å². The summed E-state index contributed by atoms with van der Waals surface area (Å²) in [5.41, 5.74) is 0. The topological polar surface area (TPSA) is 26.3 Å². The average Bonchev–Trinajstić information content (AvgIpc) is 1.99. The van der Waals surface area contributed by atoms with Gasteiger partial charge in [-0.05, 0) is 25.6 Å². The summed E-state index contributed by atoms with van der Waals surface area (Å²) in [6, 6.07) is 1.04. The SMILES string of the molecule is CCC[Si](C)(C)OC(=O)CCCCl. The van der Waals surface area contributed by atoms with E-state index >= 15 is 0 Å². The Hall–Kier alpha value is -0.0231. The van der Waals surface area contributed by atoms with Crippen molar-refractivity contribution in [1.82, 2.24) is 0 Å². The highest BCUT2D eigenvalue weighted by Crippen LogP contribution is 2.14. The van der Waals surface area contributed by atoms with Crippen LogP contribution in [0.2, 0.25) is 19.1 Å². The highest BCUT2D eigenvalue weighted by Gasteiger charge is 2.25. The van der Waals surface area contributed by atoms with Crippen LogP contribution in [0, 0.1) is 0 Å². The Morgan fingerprint density at radius 3 is 2.54 bits per heavy atom. The maximum atomic E-state index is 11.2. The minimum absolute atomic E-state index is 0.0780. The molecule has 0 fully saturated rings. The fourth-order valence-electron chi connectivity index (χ4n) is 1.22. The molecule has 0 spiro atoms. The van der Waals surface area contributed by atoms with Gasteiger partial charge in [0, 0.05) is 12.3 Å². The number of carbonyl (C=O) groups excluding carboxylic acids is 1. The molecule has 2 nitrogen and oxygen atoms in total. The molecule has 0 aromatic heterocycles. The third-order valence-corrected chi connectivity index (χ3v) is 4.51. The molecule has 0 saturated carbocycles. The smallest absolute Gasteiger partial charge is 0.292 e. The van der Waals surface area contributed by atoms with E-state index in [9.17, 15) is 4.79 Å². The molecule has 0 radical (unpaired) electrons. The Kier molecular flexibility index (Phi) is 6.42. The third-order valence-electron chi connectivity index (χ3n) is 1.76. The van der Waals surface area contributed by atoms with Gasteiger partial charge in [-0.15, -0.1) is 11.6 Å². The molecule has 0 rings (SSSR count). The van der Waals surface area contributed by atoms with E-state index in [1.54, 1.807) is 0 Å². The molecule has 0 aliphatic rings. The maximum Gasteiger partial charge on any atom is 0.292 e. The number of halogens is 1. The van der Waals surface area contributed by atoms with E-state index in [-0.39, 0.29) is 5.97 Å². The monoisotopic (exact) mass is 222 g/mol. The molecule has 0 saturated heterocycles. The molecule has 4 heteroatoms. The number of alkyl halides is 1. The molecule has 13 heavy (non-hydrogen) atoms. The molecule has 0 amide bonds. The zero-order chi connectivity index (χ0) is 10.3. The standard InChI is InChI=1S/C9H19ClO2Si/c1-4-8-13(2,3)12-9(11)6-5-7-10/h4-8H2,1-3H3. The molecule has 78 valence electrons. The van der Waals surface area contributed by atoms with Crippen molar-refractivity contribution in [1.29, 1.82) is 0 Å². The predicted molar refractivity (Wildman–Crippen MR) is 58.6 cm³/mol. The van der Waals surface area contributed by atoms with Crippen molar-refractivity contribution < 1.29 is 9.22 Å². The van der Waals surface area contributed by atoms with Gasteiger partial charge in [-0.3, -0.25) is 4.79 Å². The van der Waals surface area contributed by atoms with Crippen molar-refractivity contribution in [3.63, 3.8) is 0 Å². The number of rotatable bonds is 6. The van der Waals surface area contributed by atoms with Gasteiger partial charge in [0.25, 0.3) is 5.97 Å². The molecule has 0 atom stereocenters. The van der Waals surface area contributed by atoms with Gasteiger partial charge in [0.15, 0.2) is 0 Å². The lowest BCUT2D eigenvalue weighted by Gasteiger charge is -2.21. The van der Waals surface area contributed by atoms with Crippen LogP contribution in [-0.2, 0) is 9.22 Å². The molecule has 0 aromatic rings. The van der Waals surface area contributed by atoms with Gasteiger partial charge in [-0.1, -0.05) is 13.3 Å². The van der Waals surface area contributed by atoms with Gasteiger partial charge >= 0.3 is 0 Å². The molecule has 0 aliphatic heterocycles. The summed E-state index contributed by atoms with van der Waals surface area (Å²) >= 11 is 5.48. The summed E-state index contributed by atoms with van der Waals surface area (Å²) in [4.78, 5) is 11.2. The average molecular weight is 223 g/mol. The summed E-state index contributed by atoms with van der Waals surface area (Å²) < 4.78 is 5.42. The van der Waals surface area contributed by atoms with Crippen LogP contribution in [0.1, 0.15) is 26.2 Å². The van der Waals surface area contributed by atoms with Gasteiger partial charge in [-0.2, -0.15) is 0 Å². The highest BCUT2D eigenvalue weighted by molar-refractivity contribution is 6.72. The maximum absolute atomic E-state index is 11.2. The van der Waals surface area contributed by atoms with Crippen molar-refractivity contribution in [2.45, 2.75) is 45.3 Å². The van der Waals surface area contributed by atoms with E-state index in [1.165, 1.54) is 0 Å². The molecular formula is C9H19ClO2Si. The van der Waals surface area contributed by atoms with Crippen LogP contribution in [-0.4, -0.2) is 20.2 Å². The third kappa shape index (κ3) is 7.08. The Balaban J connectivity index is 3.75. The lowest BCUT2D eigenvalue weighted by molar-refractivity contribution is -0.135. The zero-order valence-electron chi connectivity index (χ0n) is 8.73. The molecular weight excluding hydrogens is 204 g/mol. The first-order valence-corrected chi connectivity index (χ1v) is 8.44. The van der Waals surface area contributed by atoms with Crippen LogP contribution in [0.5, 0.6) is 0 Å². The normalized spacial score (nSPS) is 11.4. The number of carbonyl (C=O) groups is 1. The van der Waals surface area contributed by atoms with Crippen LogP contribution >= 0.6 is 11.6 Å². The first kappa shape index (κ1) is 13.0. The number of hydrogen-bond donors (Lipinski definition) is 0. The number of hydrogen-bond acceptors (Lipinski definition) is 2. The van der Waals surface area contributed by atoms with Gasteiger partial charge < -0.3 is 4.43 Å². The molecule has 0 unspecified atom stereocenters. The van der Waals surface area contributed by atoms with E-state index < -0.39 is 8.32 Å². The van der Waals surface area contributed by atoms with Crippen molar-refractivity contribution in [2.24, 2.45) is 0 Å². The fourth-order valence-corrected chi connectivity index (χ4v) is 3.38. The largest absolute Gasteiger partial charge is 0.520 e. The first-order chi connectivity index (χ1) is 6.02. The minimum atomic E-state index is -1.71. The van der Waals surface area contributed by atoms with Crippen LogP contribution in [0.25, 0.3) is 0 Å². The Labute approximate surface area is 86.7 Å². The van der Waals surface area contributed by atoms with Crippen molar-refractivity contribution in [3.05, 3.63) is 0 Å². The molecule has 0 aromatic carbocycles. The fraction of sp³-hybridized carbons (Fsp3) is 0.889. The second kappa shape index (κ2) is 6.43. The van der Waals surface area contributed by atoms with Gasteiger partial charge in [0.2, 0.25) is 8.32 Å². The van der Waals surface area contributed by atoms with Crippen molar-refractivity contribution in [3.8, 4) is 0 Å². The van der Waals surface area contributed by atoms with E-state index in [0.717, 1.165) is 18.9 Å². The van der Waals surface area contributed by atoms with Crippen molar-refractivity contribution in [2.75, 3.05) is 5.88 Å². The summed E-state index contributed by atoms with van der Waals surface area (Å²) in [6.07, 6.45) is 2.27. The second-order valence-electron chi connectivity index (χ2n) is 3.78. The molecule has 0 aliphatic carbocycles. The summed E-state index contributed by atoms with van der Waals surface area (Å²) in [5.74, 6) is 0.455. The lowest BCUT2D eigenvalue weighted by atomic mass is 10.3. The van der Waals surface area contributed by atoms with Crippen molar-refractivity contribution >= 4 is 25.9 Å². The zero-order valence-corrected chi connectivity index (χ0v) is 10.5. The summed E-state index contributed by atoms with van der Waals surface area (Å²) in [6.45, 7) is 6.27. The van der Waals surface area contributed by atoms with Gasteiger partial charge in [0.1, 0.15) is 0 Å². The van der Waals surface area contributed by atoms with Gasteiger partial charge in [0.05, 0.1) is 0 Å². The van der Waals surface area contributed by atoms with Crippen LogP contribution < -0.4 is 0 Å². The molecule has 0 N–H and O–H groups in total. The van der Waals surface area contributed by atoms with Crippen LogP contribution in [0.3, 0.4) is 0 Å². The first-order valence-electron chi connectivity index (χ1n) is 4.79. The Morgan fingerprint density at radius 2 is 2.08 bits per heavy atom. The summed E-state index contributed by atoms with van der Waals surface area (Å²) in [7, 11) is -1.71. The Morgan fingerprint density at radius 1 is 1.46 bits per heavy atom. The molecule has 0 bridgehead atoms. The van der Waals surface area contributed by atoms with E-state index in [2.05, 4.69) is 20.0 Å². The lowest BCUT2D eigenvalue weighted by Crippen LogP contribution is -2.32. The second-order valence-corrected chi connectivity index (χ2v) is 8.38. The van der Waals surface area contributed by atoms with E-state index in [4.69, 9.17) is 16.0 Å². The van der Waals surface area contributed by atoms with Crippen LogP contribution in [0.4, 0.5) is 0 Å². The molecule has 0 heterocycles.